The van der Waals surface area contributed by atoms with E-state index in [2.05, 4.69) is 10.3 Å². The van der Waals surface area contributed by atoms with Crippen LogP contribution < -0.4 is 5.32 Å². The third kappa shape index (κ3) is 3.31. The molecular weight excluding hydrogens is 228 g/mol. The number of hydrogen-bond acceptors (Lipinski definition) is 3. The fourth-order valence-electron chi connectivity index (χ4n) is 1.63. The third-order valence-electron chi connectivity index (χ3n) is 2.48. The van der Waals surface area contributed by atoms with Gasteiger partial charge < -0.3 is 10.4 Å². The Morgan fingerprint density at radius 1 is 1.28 bits per heavy atom. The molecule has 4 heteroatoms. The molecular formula is C14H14N2O2. The first-order valence-electron chi connectivity index (χ1n) is 5.64. The van der Waals surface area contributed by atoms with Gasteiger partial charge in [0.05, 0.1) is 6.42 Å². The lowest BCUT2D eigenvalue weighted by Crippen LogP contribution is -2.14. The number of anilines is 1. The number of carbonyl (C=O) groups excluding carboxylic acids is 1. The quantitative estimate of drug-likeness (QED) is 0.868. The van der Waals surface area contributed by atoms with Crippen molar-refractivity contribution in [3.8, 4) is 5.75 Å². The van der Waals surface area contributed by atoms with E-state index in [4.69, 9.17) is 5.11 Å². The Hall–Kier alpha value is -2.36. The minimum Gasteiger partial charge on any atom is -0.508 e. The number of hydrogen-bond donors (Lipinski definition) is 2. The normalized spacial score (nSPS) is 10.1. The molecule has 4 nitrogen and oxygen atoms in total. The first-order chi connectivity index (χ1) is 8.63. The van der Waals surface area contributed by atoms with Gasteiger partial charge in [0.1, 0.15) is 5.75 Å². The molecule has 1 amide bonds. The number of phenols is 1. The number of pyridine rings is 1. The van der Waals surface area contributed by atoms with Crippen LogP contribution in [0.25, 0.3) is 0 Å². The third-order valence-corrected chi connectivity index (χ3v) is 2.48. The summed E-state index contributed by atoms with van der Waals surface area (Å²) >= 11 is 0. The Morgan fingerprint density at radius 2 is 2.00 bits per heavy atom. The Labute approximate surface area is 105 Å². The molecule has 0 aliphatic carbocycles. The van der Waals surface area contributed by atoms with Crippen LogP contribution in [0, 0.1) is 6.92 Å². The number of phenolic OH excluding ortho intramolecular Hbond substituents is 1. The van der Waals surface area contributed by atoms with E-state index in [0.29, 0.717) is 0 Å². The topological polar surface area (TPSA) is 62.2 Å². The van der Waals surface area contributed by atoms with E-state index in [1.807, 2.05) is 13.0 Å². The van der Waals surface area contributed by atoms with Gasteiger partial charge in [0.15, 0.2) is 0 Å². The lowest BCUT2D eigenvalue weighted by molar-refractivity contribution is -0.115. The number of aromatic hydroxyl groups is 1. The summed E-state index contributed by atoms with van der Waals surface area (Å²) < 4.78 is 0. The highest BCUT2D eigenvalue weighted by Gasteiger charge is 2.04. The van der Waals surface area contributed by atoms with Crippen molar-refractivity contribution >= 4 is 11.6 Å². The predicted molar refractivity (Wildman–Crippen MR) is 69.4 cm³/mol. The molecule has 0 fully saturated rings. The number of carbonyl (C=O) groups is 1. The fraction of sp³-hybridized carbons (Fsp3) is 0.143. The highest BCUT2D eigenvalue weighted by molar-refractivity contribution is 5.92. The maximum absolute atomic E-state index is 11.8. The number of benzene rings is 1. The standard InChI is InChI=1S/C14H14N2O2/c1-10-8-12(6-7-15-10)16-14(18)9-11-2-4-13(17)5-3-11/h2-8,17H,9H2,1H3,(H,15,16,18). The summed E-state index contributed by atoms with van der Waals surface area (Å²) in [7, 11) is 0. The zero-order valence-electron chi connectivity index (χ0n) is 10.1. The second-order valence-electron chi connectivity index (χ2n) is 4.08. The number of rotatable bonds is 3. The molecule has 0 aliphatic heterocycles. The molecule has 18 heavy (non-hydrogen) atoms. The number of aryl methyl sites for hydroxylation is 1. The van der Waals surface area contributed by atoms with Crippen LogP contribution >= 0.6 is 0 Å². The minimum atomic E-state index is -0.0914. The van der Waals surface area contributed by atoms with E-state index in [0.717, 1.165) is 16.9 Å². The molecule has 0 bridgehead atoms. The van der Waals surface area contributed by atoms with Gasteiger partial charge in [-0.15, -0.1) is 0 Å². The molecule has 0 aliphatic rings. The smallest absolute Gasteiger partial charge is 0.228 e. The van der Waals surface area contributed by atoms with E-state index in [-0.39, 0.29) is 18.1 Å². The van der Waals surface area contributed by atoms with Gasteiger partial charge in [-0.05, 0) is 36.8 Å². The van der Waals surface area contributed by atoms with Crippen LogP contribution in [0.2, 0.25) is 0 Å². The Bertz CT molecular complexity index is 550. The molecule has 0 radical (unpaired) electrons. The molecule has 0 atom stereocenters. The largest absolute Gasteiger partial charge is 0.508 e. The molecule has 92 valence electrons. The summed E-state index contributed by atoms with van der Waals surface area (Å²) in [6.07, 6.45) is 1.94. The van der Waals surface area contributed by atoms with Crippen LogP contribution in [0.3, 0.4) is 0 Å². The molecule has 0 unspecified atom stereocenters. The van der Waals surface area contributed by atoms with Gasteiger partial charge >= 0.3 is 0 Å². The monoisotopic (exact) mass is 242 g/mol. The lowest BCUT2D eigenvalue weighted by Gasteiger charge is -2.05. The van der Waals surface area contributed by atoms with Gasteiger partial charge in [-0.2, -0.15) is 0 Å². The van der Waals surface area contributed by atoms with Crippen LogP contribution in [0.4, 0.5) is 5.69 Å². The van der Waals surface area contributed by atoms with Crippen LogP contribution in [-0.4, -0.2) is 16.0 Å². The van der Waals surface area contributed by atoms with Gasteiger partial charge in [-0.3, -0.25) is 9.78 Å². The average molecular weight is 242 g/mol. The summed E-state index contributed by atoms with van der Waals surface area (Å²) in [6.45, 7) is 1.87. The highest BCUT2D eigenvalue weighted by atomic mass is 16.3. The Morgan fingerprint density at radius 3 is 2.67 bits per heavy atom. The van der Waals surface area contributed by atoms with E-state index >= 15 is 0 Å². The molecule has 2 aromatic rings. The van der Waals surface area contributed by atoms with Crippen molar-refractivity contribution in [1.82, 2.24) is 4.98 Å². The van der Waals surface area contributed by atoms with Crippen LogP contribution in [-0.2, 0) is 11.2 Å². The SMILES string of the molecule is Cc1cc(NC(=O)Cc2ccc(O)cc2)ccn1. The highest BCUT2D eigenvalue weighted by Crippen LogP contribution is 2.12. The molecule has 1 heterocycles. The van der Waals surface area contributed by atoms with Gasteiger partial charge in [0, 0.05) is 17.6 Å². The Kier molecular flexibility index (Phi) is 3.57. The van der Waals surface area contributed by atoms with Crippen LogP contribution in [0.15, 0.2) is 42.6 Å². The van der Waals surface area contributed by atoms with Crippen LogP contribution in [0.1, 0.15) is 11.3 Å². The van der Waals surface area contributed by atoms with Crippen molar-refractivity contribution in [3.63, 3.8) is 0 Å². The maximum atomic E-state index is 11.8. The van der Waals surface area contributed by atoms with Gasteiger partial charge in [-0.25, -0.2) is 0 Å². The summed E-state index contributed by atoms with van der Waals surface area (Å²) in [5.74, 6) is 0.107. The number of nitrogens with zero attached hydrogens (tertiary/aromatic N) is 1. The maximum Gasteiger partial charge on any atom is 0.228 e. The molecule has 1 aromatic heterocycles. The number of amides is 1. The van der Waals surface area contributed by atoms with Crippen molar-refractivity contribution < 1.29 is 9.90 Å². The second-order valence-corrected chi connectivity index (χ2v) is 4.08. The zero-order valence-corrected chi connectivity index (χ0v) is 10.1. The number of nitrogens with one attached hydrogen (secondary N) is 1. The minimum absolute atomic E-state index is 0.0914. The number of aromatic nitrogens is 1. The van der Waals surface area contributed by atoms with Crippen molar-refractivity contribution in [2.45, 2.75) is 13.3 Å². The van der Waals surface area contributed by atoms with Gasteiger partial charge in [0.25, 0.3) is 0 Å². The molecule has 0 saturated carbocycles. The van der Waals surface area contributed by atoms with Crippen molar-refractivity contribution in [2.75, 3.05) is 5.32 Å². The summed E-state index contributed by atoms with van der Waals surface area (Å²) in [5.41, 5.74) is 2.46. The summed E-state index contributed by atoms with van der Waals surface area (Å²) in [5, 5.41) is 12.0. The second kappa shape index (κ2) is 5.31. The molecule has 2 N–H and O–H groups in total. The van der Waals surface area contributed by atoms with E-state index in [1.165, 1.54) is 0 Å². The molecule has 1 aromatic carbocycles. The first kappa shape index (κ1) is 12.1. The zero-order chi connectivity index (χ0) is 13.0. The van der Waals surface area contributed by atoms with Gasteiger partial charge in [-0.1, -0.05) is 12.1 Å². The average Bonchev–Trinajstić information content (AvgIpc) is 2.32. The van der Waals surface area contributed by atoms with Crippen molar-refractivity contribution in [2.24, 2.45) is 0 Å². The molecule has 0 saturated heterocycles. The molecule has 0 spiro atoms. The first-order valence-corrected chi connectivity index (χ1v) is 5.64. The molecule has 2 rings (SSSR count). The lowest BCUT2D eigenvalue weighted by atomic mass is 10.1. The predicted octanol–water partition coefficient (Wildman–Crippen LogP) is 2.28. The van der Waals surface area contributed by atoms with E-state index in [9.17, 15) is 4.79 Å². The van der Waals surface area contributed by atoms with Crippen molar-refractivity contribution in [1.29, 1.82) is 0 Å². The summed E-state index contributed by atoms with van der Waals surface area (Å²) in [6, 6.07) is 10.2. The van der Waals surface area contributed by atoms with Gasteiger partial charge in [0.2, 0.25) is 5.91 Å². The van der Waals surface area contributed by atoms with E-state index in [1.54, 1.807) is 36.5 Å². The Balaban J connectivity index is 1.98. The fourth-order valence-corrected chi connectivity index (χ4v) is 1.63. The van der Waals surface area contributed by atoms with Crippen molar-refractivity contribution in [3.05, 3.63) is 53.9 Å². The van der Waals surface area contributed by atoms with Crippen LogP contribution in [0.5, 0.6) is 5.75 Å². The summed E-state index contributed by atoms with van der Waals surface area (Å²) in [4.78, 5) is 15.8. The van der Waals surface area contributed by atoms with E-state index < -0.39 is 0 Å².